The molecule has 5 nitrogen and oxygen atoms in total. The summed E-state index contributed by atoms with van der Waals surface area (Å²) < 4.78 is 6.65. The van der Waals surface area contributed by atoms with Crippen molar-refractivity contribution in [2.24, 2.45) is 22.2 Å². The standard InChI is InChI=1S/C6H14N4O/c7-5(4-11)2-1-3-10-6(8)9/h4-5H,1-3,7H2,(H4,8,9,10)/t5-/m0/s1/i4T. The molecule has 0 fully saturated rings. The summed E-state index contributed by atoms with van der Waals surface area (Å²) in [7, 11) is 0. The van der Waals surface area contributed by atoms with Gasteiger partial charge in [-0.3, -0.25) is 4.99 Å². The first-order chi connectivity index (χ1) is 5.54. The van der Waals surface area contributed by atoms with Crippen LogP contribution in [-0.2, 0) is 4.79 Å². The topological polar surface area (TPSA) is 107 Å². The van der Waals surface area contributed by atoms with Crippen molar-refractivity contribution in [3.05, 3.63) is 0 Å². The molecule has 0 aliphatic rings. The van der Waals surface area contributed by atoms with Crippen molar-refractivity contribution in [3.63, 3.8) is 0 Å². The Morgan fingerprint density at radius 1 is 1.73 bits per heavy atom. The largest absolute Gasteiger partial charge is 0.370 e. The van der Waals surface area contributed by atoms with Crippen LogP contribution in [0, 0.1) is 0 Å². The van der Waals surface area contributed by atoms with Crippen molar-refractivity contribution in [3.8, 4) is 0 Å². The monoisotopic (exact) mass is 160 g/mol. The van der Waals surface area contributed by atoms with Gasteiger partial charge in [-0.25, -0.2) is 0 Å². The summed E-state index contributed by atoms with van der Waals surface area (Å²) in [6.07, 6.45) is 0.308. The third kappa shape index (κ3) is 6.79. The number of aldehydes is 1. The van der Waals surface area contributed by atoms with Gasteiger partial charge in [0, 0.05) is 6.54 Å². The van der Waals surface area contributed by atoms with Crippen molar-refractivity contribution < 1.29 is 6.17 Å². The van der Waals surface area contributed by atoms with Crippen LogP contribution in [0.15, 0.2) is 4.99 Å². The molecule has 0 aliphatic heterocycles. The molecule has 0 amide bonds. The van der Waals surface area contributed by atoms with Gasteiger partial charge in [0.15, 0.2) is 5.96 Å². The lowest BCUT2D eigenvalue weighted by Gasteiger charge is -2.00. The molecule has 0 rings (SSSR count). The number of carbonyl (C=O) groups is 1. The van der Waals surface area contributed by atoms with Crippen molar-refractivity contribution in [1.82, 2.24) is 0 Å². The summed E-state index contributed by atoms with van der Waals surface area (Å²) in [5.41, 5.74) is 15.4. The second-order valence-corrected chi connectivity index (χ2v) is 2.17. The summed E-state index contributed by atoms with van der Waals surface area (Å²) in [6.45, 7) is 0.448. The Bertz CT molecular complexity index is 178. The maximum Gasteiger partial charge on any atom is 0.185 e. The fourth-order valence-corrected chi connectivity index (χ4v) is 0.578. The third-order valence-electron chi connectivity index (χ3n) is 1.12. The van der Waals surface area contributed by atoms with E-state index in [0.717, 1.165) is 0 Å². The van der Waals surface area contributed by atoms with E-state index in [1.165, 1.54) is 0 Å². The molecule has 11 heavy (non-hydrogen) atoms. The molecule has 0 aromatic rings. The van der Waals surface area contributed by atoms with Gasteiger partial charge in [-0.05, 0) is 12.8 Å². The van der Waals surface area contributed by atoms with Crippen LogP contribution in [0.5, 0.6) is 0 Å². The molecule has 64 valence electrons. The number of aliphatic imine (C=N–C) groups is 1. The molecule has 0 aliphatic carbocycles. The highest BCUT2D eigenvalue weighted by Gasteiger charge is 1.97. The van der Waals surface area contributed by atoms with Gasteiger partial charge in [-0.2, -0.15) is 0 Å². The maximum absolute atomic E-state index is 10.3. The number of nitrogens with two attached hydrogens (primary N) is 3. The van der Waals surface area contributed by atoms with Crippen LogP contribution in [0.2, 0.25) is 0 Å². The Hall–Kier alpha value is -1.10. The number of rotatable bonds is 5. The van der Waals surface area contributed by atoms with Crippen LogP contribution in [0.1, 0.15) is 14.2 Å². The molecule has 0 radical (unpaired) electrons. The van der Waals surface area contributed by atoms with Crippen LogP contribution >= 0.6 is 0 Å². The van der Waals surface area contributed by atoms with Crippen molar-refractivity contribution in [2.75, 3.05) is 6.54 Å². The maximum atomic E-state index is 10.3. The molecule has 0 saturated heterocycles. The minimum atomic E-state index is -0.750. The summed E-state index contributed by atoms with van der Waals surface area (Å²) in [4.78, 5) is 14.0. The van der Waals surface area contributed by atoms with Gasteiger partial charge in [-0.1, -0.05) is 0 Å². The van der Waals surface area contributed by atoms with E-state index in [4.69, 9.17) is 18.6 Å². The minimum absolute atomic E-state index is 0.0285. The first-order valence-corrected chi connectivity index (χ1v) is 3.35. The quantitative estimate of drug-likeness (QED) is 0.198. The minimum Gasteiger partial charge on any atom is -0.370 e. The second-order valence-electron chi connectivity index (χ2n) is 2.17. The molecule has 6 N–H and O–H groups in total. The third-order valence-corrected chi connectivity index (χ3v) is 1.12. The Labute approximate surface area is 67.0 Å². The Morgan fingerprint density at radius 2 is 2.36 bits per heavy atom. The van der Waals surface area contributed by atoms with Gasteiger partial charge in [0.05, 0.1) is 6.04 Å². The molecule has 0 unspecified atom stereocenters. The van der Waals surface area contributed by atoms with Gasteiger partial charge < -0.3 is 22.0 Å². The molecule has 0 bridgehead atoms. The normalized spacial score (nSPS) is 13.4. The lowest BCUT2D eigenvalue weighted by atomic mass is 10.2. The van der Waals surface area contributed by atoms with Crippen LogP contribution in [0.3, 0.4) is 0 Å². The molecular weight excluding hydrogens is 144 g/mol. The number of hydrogen-bond acceptors (Lipinski definition) is 3. The zero-order valence-electron chi connectivity index (χ0n) is 7.29. The summed E-state index contributed by atoms with van der Waals surface area (Å²) in [5.74, 6) is 0.0285. The van der Waals surface area contributed by atoms with Gasteiger partial charge >= 0.3 is 0 Å². The predicted octanol–water partition coefficient (Wildman–Crippen LogP) is -1.43. The second kappa shape index (κ2) is 5.67. The van der Waals surface area contributed by atoms with E-state index in [0.29, 0.717) is 19.4 Å². The Balaban J connectivity index is 3.44. The number of hydrogen-bond donors (Lipinski definition) is 3. The Kier molecular flexibility index (Phi) is 4.12. The summed E-state index contributed by atoms with van der Waals surface area (Å²) >= 11 is 0. The number of nitrogens with zero attached hydrogens (tertiary/aromatic N) is 1. The van der Waals surface area contributed by atoms with Gasteiger partial charge in [-0.15, -0.1) is 0 Å². The molecule has 0 spiro atoms. The van der Waals surface area contributed by atoms with Gasteiger partial charge in [0.2, 0.25) is 0 Å². The highest BCUT2D eigenvalue weighted by molar-refractivity contribution is 5.75. The van der Waals surface area contributed by atoms with Crippen LogP contribution < -0.4 is 17.2 Å². The van der Waals surface area contributed by atoms with Crippen LogP contribution in [0.25, 0.3) is 0 Å². The molecular formula is C6H14N4O. The SMILES string of the molecule is [3H]C(=O)[C@@H](N)CCCN=C(N)N. The van der Waals surface area contributed by atoms with E-state index in [9.17, 15) is 4.79 Å². The van der Waals surface area contributed by atoms with E-state index >= 15 is 0 Å². The van der Waals surface area contributed by atoms with E-state index in [-0.39, 0.29) is 5.96 Å². The smallest absolute Gasteiger partial charge is 0.185 e. The molecule has 0 heterocycles. The zero-order chi connectivity index (χ0) is 9.56. The van der Waals surface area contributed by atoms with Crippen LogP contribution in [0.4, 0.5) is 0 Å². The average Bonchev–Trinajstić information content (AvgIpc) is 1.97. The highest BCUT2D eigenvalue weighted by Crippen LogP contribution is 1.91. The number of guanidine groups is 1. The van der Waals surface area contributed by atoms with E-state index < -0.39 is 12.3 Å². The van der Waals surface area contributed by atoms with Crippen LogP contribution in [-0.4, -0.2) is 24.8 Å². The number of carbonyl (C=O) groups excluding carboxylic acids is 1. The first kappa shape index (κ1) is 8.00. The lowest BCUT2D eigenvalue weighted by Crippen LogP contribution is -2.24. The van der Waals surface area contributed by atoms with E-state index in [2.05, 4.69) is 4.99 Å². The fraction of sp³-hybridized carbons (Fsp3) is 0.667. The van der Waals surface area contributed by atoms with E-state index in [1.807, 2.05) is 0 Å². The zero-order valence-corrected chi connectivity index (χ0v) is 6.29. The molecule has 0 aromatic heterocycles. The average molecular weight is 160 g/mol. The lowest BCUT2D eigenvalue weighted by molar-refractivity contribution is -0.109. The highest BCUT2D eigenvalue weighted by atomic mass is 16.1. The fourth-order valence-electron chi connectivity index (χ4n) is 0.578. The van der Waals surface area contributed by atoms with Gasteiger partial charge in [0.25, 0.3) is 0 Å². The summed E-state index contributed by atoms with van der Waals surface area (Å²) in [6, 6.07) is -0.709. The molecule has 1 atom stereocenters. The van der Waals surface area contributed by atoms with E-state index in [1.54, 1.807) is 0 Å². The first-order valence-electron chi connectivity index (χ1n) is 3.85. The van der Waals surface area contributed by atoms with Gasteiger partial charge in [0.1, 0.15) is 7.63 Å². The van der Waals surface area contributed by atoms with Crippen molar-refractivity contribution in [2.45, 2.75) is 18.9 Å². The van der Waals surface area contributed by atoms with Crippen molar-refractivity contribution >= 4 is 12.2 Å². The molecule has 5 heteroatoms. The Morgan fingerprint density at radius 3 is 2.82 bits per heavy atom. The molecule has 0 saturated carbocycles. The predicted molar refractivity (Wildman–Crippen MR) is 44.0 cm³/mol. The van der Waals surface area contributed by atoms with Crippen molar-refractivity contribution in [1.29, 1.82) is 0 Å². The summed E-state index contributed by atoms with van der Waals surface area (Å²) in [5, 5.41) is 0. The molecule has 0 aromatic carbocycles.